The molecule has 2 unspecified atom stereocenters. The molecule has 30 heavy (non-hydrogen) atoms. The first-order valence-electron chi connectivity index (χ1n) is 10.0. The number of aliphatic hydroxyl groups excluding tert-OH is 1. The highest BCUT2D eigenvalue weighted by molar-refractivity contribution is 7.19. The summed E-state index contributed by atoms with van der Waals surface area (Å²) in [6, 6.07) is 14.3. The SMILES string of the molecule is CN=C(NCc1cc2c(cc1OC)CC(C)O2)NCC(O)c1cc2ccccc2s1. The Kier molecular flexibility index (Phi) is 6.11. The number of benzene rings is 2. The quantitative estimate of drug-likeness (QED) is 0.415. The van der Waals surface area contributed by atoms with Gasteiger partial charge in [-0.1, -0.05) is 18.2 Å². The van der Waals surface area contributed by atoms with E-state index in [1.807, 2.05) is 24.3 Å². The van der Waals surface area contributed by atoms with E-state index in [2.05, 4.69) is 40.7 Å². The van der Waals surface area contributed by atoms with E-state index in [-0.39, 0.29) is 6.10 Å². The van der Waals surface area contributed by atoms with Crippen LogP contribution in [0, 0.1) is 0 Å². The molecular formula is C23H27N3O3S. The van der Waals surface area contributed by atoms with Gasteiger partial charge in [-0.05, 0) is 36.6 Å². The van der Waals surface area contributed by atoms with Crippen molar-refractivity contribution < 1.29 is 14.6 Å². The molecule has 3 aromatic rings. The van der Waals surface area contributed by atoms with E-state index in [4.69, 9.17) is 9.47 Å². The zero-order chi connectivity index (χ0) is 21.1. The summed E-state index contributed by atoms with van der Waals surface area (Å²) in [5, 5.41) is 18.2. The van der Waals surface area contributed by atoms with Crippen LogP contribution in [0.5, 0.6) is 11.5 Å². The third-order valence-corrected chi connectivity index (χ3v) is 6.42. The van der Waals surface area contributed by atoms with Crippen molar-refractivity contribution in [1.82, 2.24) is 10.6 Å². The summed E-state index contributed by atoms with van der Waals surface area (Å²) in [7, 11) is 3.39. The van der Waals surface area contributed by atoms with Crippen molar-refractivity contribution in [3.63, 3.8) is 0 Å². The number of thiophene rings is 1. The fourth-order valence-electron chi connectivity index (χ4n) is 3.67. The number of fused-ring (bicyclic) bond motifs is 2. The number of methoxy groups -OCH3 is 1. The van der Waals surface area contributed by atoms with Gasteiger partial charge in [0.15, 0.2) is 5.96 Å². The van der Waals surface area contributed by atoms with Gasteiger partial charge in [0.2, 0.25) is 0 Å². The lowest BCUT2D eigenvalue weighted by Gasteiger charge is -2.16. The highest BCUT2D eigenvalue weighted by Crippen LogP contribution is 2.35. The zero-order valence-corrected chi connectivity index (χ0v) is 18.3. The van der Waals surface area contributed by atoms with Crippen LogP contribution in [0.1, 0.15) is 29.0 Å². The minimum absolute atomic E-state index is 0.192. The average Bonchev–Trinajstić information content (AvgIpc) is 3.35. The third kappa shape index (κ3) is 4.37. The number of guanidine groups is 1. The van der Waals surface area contributed by atoms with Crippen LogP contribution in [0.4, 0.5) is 0 Å². The average molecular weight is 426 g/mol. The standard InChI is InChI=1S/C23H27N3O3S/c1-14-8-16-9-19(28-3)17(10-20(16)29-14)12-25-23(24-2)26-13-18(27)22-11-15-6-4-5-7-21(15)30-22/h4-7,9-11,14,18,27H,8,12-13H2,1-3H3,(H2,24,25,26). The predicted molar refractivity (Wildman–Crippen MR) is 122 cm³/mol. The molecule has 2 aromatic carbocycles. The lowest BCUT2D eigenvalue weighted by atomic mass is 10.1. The summed E-state index contributed by atoms with van der Waals surface area (Å²) in [5.74, 6) is 2.37. The molecule has 0 aliphatic carbocycles. The summed E-state index contributed by atoms with van der Waals surface area (Å²) in [6.07, 6.45) is 0.487. The topological polar surface area (TPSA) is 75.1 Å². The van der Waals surface area contributed by atoms with E-state index >= 15 is 0 Å². The number of aliphatic imine (C=N–C) groups is 1. The molecule has 2 heterocycles. The summed E-state index contributed by atoms with van der Waals surface area (Å²) < 4.78 is 12.6. The van der Waals surface area contributed by atoms with Crippen LogP contribution in [0.3, 0.4) is 0 Å². The van der Waals surface area contributed by atoms with Gasteiger partial charge in [-0.15, -0.1) is 11.3 Å². The largest absolute Gasteiger partial charge is 0.496 e. The number of rotatable bonds is 6. The van der Waals surface area contributed by atoms with E-state index in [0.29, 0.717) is 19.0 Å². The fraction of sp³-hybridized carbons (Fsp3) is 0.348. The lowest BCUT2D eigenvalue weighted by Crippen LogP contribution is -2.38. The van der Waals surface area contributed by atoms with Crippen molar-refractivity contribution in [1.29, 1.82) is 0 Å². The summed E-state index contributed by atoms with van der Waals surface area (Å²) in [4.78, 5) is 5.20. The monoisotopic (exact) mass is 425 g/mol. The molecule has 6 nitrogen and oxygen atoms in total. The van der Waals surface area contributed by atoms with Gasteiger partial charge in [0, 0.05) is 47.3 Å². The van der Waals surface area contributed by atoms with E-state index in [9.17, 15) is 5.11 Å². The summed E-state index contributed by atoms with van der Waals surface area (Å²) >= 11 is 1.61. The second-order valence-corrected chi connectivity index (χ2v) is 8.53. The first-order chi connectivity index (χ1) is 14.6. The second-order valence-electron chi connectivity index (χ2n) is 7.41. The Morgan fingerprint density at radius 2 is 2.13 bits per heavy atom. The summed E-state index contributed by atoms with van der Waals surface area (Å²) in [5.41, 5.74) is 2.18. The third-order valence-electron chi connectivity index (χ3n) is 5.20. The van der Waals surface area contributed by atoms with Gasteiger partial charge in [0.25, 0.3) is 0 Å². The van der Waals surface area contributed by atoms with Crippen LogP contribution < -0.4 is 20.1 Å². The number of ether oxygens (including phenoxy) is 2. The molecule has 0 bridgehead atoms. The molecule has 1 aromatic heterocycles. The highest BCUT2D eigenvalue weighted by Gasteiger charge is 2.21. The Labute approximate surface area is 180 Å². The van der Waals surface area contributed by atoms with Crippen molar-refractivity contribution in [2.45, 2.75) is 32.1 Å². The first kappa shape index (κ1) is 20.5. The zero-order valence-electron chi connectivity index (χ0n) is 17.4. The van der Waals surface area contributed by atoms with Crippen molar-refractivity contribution in [3.05, 3.63) is 58.5 Å². The van der Waals surface area contributed by atoms with E-state index in [1.165, 1.54) is 10.3 Å². The molecule has 1 aliphatic rings. The van der Waals surface area contributed by atoms with Crippen LogP contribution in [-0.4, -0.2) is 37.9 Å². The normalized spacial score (nSPS) is 16.8. The highest BCUT2D eigenvalue weighted by atomic mass is 32.1. The van der Waals surface area contributed by atoms with Crippen LogP contribution in [0.15, 0.2) is 47.5 Å². The van der Waals surface area contributed by atoms with Gasteiger partial charge < -0.3 is 25.2 Å². The Balaban J connectivity index is 1.37. The molecule has 3 N–H and O–H groups in total. The Morgan fingerprint density at radius 1 is 1.30 bits per heavy atom. The van der Waals surface area contributed by atoms with Gasteiger partial charge in [0.1, 0.15) is 23.7 Å². The molecule has 0 radical (unpaired) electrons. The van der Waals surface area contributed by atoms with E-state index in [0.717, 1.165) is 33.7 Å². The van der Waals surface area contributed by atoms with Crippen molar-refractivity contribution in [3.8, 4) is 11.5 Å². The number of hydrogen-bond acceptors (Lipinski definition) is 5. The van der Waals surface area contributed by atoms with Gasteiger partial charge in [-0.25, -0.2) is 0 Å². The maximum Gasteiger partial charge on any atom is 0.191 e. The minimum Gasteiger partial charge on any atom is -0.496 e. The Hall–Kier alpha value is -2.77. The van der Waals surface area contributed by atoms with Crippen molar-refractivity contribution in [2.75, 3.05) is 20.7 Å². The van der Waals surface area contributed by atoms with Crippen molar-refractivity contribution >= 4 is 27.4 Å². The van der Waals surface area contributed by atoms with Gasteiger partial charge in [0.05, 0.1) is 7.11 Å². The summed E-state index contributed by atoms with van der Waals surface area (Å²) in [6.45, 7) is 2.97. The second kappa shape index (κ2) is 8.93. The molecule has 1 aliphatic heterocycles. The Bertz CT molecular complexity index is 1030. The molecule has 7 heteroatoms. The van der Waals surface area contributed by atoms with Crippen LogP contribution in [0.2, 0.25) is 0 Å². The number of nitrogens with one attached hydrogen (secondary N) is 2. The van der Waals surface area contributed by atoms with Gasteiger partial charge in [-0.2, -0.15) is 0 Å². The van der Waals surface area contributed by atoms with Gasteiger partial charge >= 0.3 is 0 Å². The molecular weight excluding hydrogens is 398 g/mol. The molecule has 0 saturated carbocycles. The van der Waals surface area contributed by atoms with Gasteiger partial charge in [-0.3, -0.25) is 4.99 Å². The number of aliphatic hydroxyl groups is 1. The molecule has 0 saturated heterocycles. The Morgan fingerprint density at radius 3 is 2.90 bits per heavy atom. The van der Waals surface area contributed by atoms with E-state index in [1.54, 1.807) is 25.5 Å². The molecule has 0 fully saturated rings. The van der Waals surface area contributed by atoms with Crippen LogP contribution in [0.25, 0.3) is 10.1 Å². The predicted octanol–water partition coefficient (Wildman–Crippen LogP) is 3.63. The minimum atomic E-state index is -0.606. The van der Waals surface area contributed by atoms with Crippen molar-refractivity contribution in [2.24, 2.45) is 4.99 Å². The molecule has 158 valence electrons. The lowest BCUT2D eigenvalue weighted by molar-refractivity contribution is 0.184. The van der Waals surface area contributed by atoms with Crippen LogP contribution in [-0.2, 0) is 13.0 Å². The molecule has 0 amide bonds. The number of nitrogens with zero attached hydrogens (tertiary/aromatic N) is 1. The maximum absolute atomic E-state index is 10.6. The smallest absolute Gasteiger partial charge is 0.191 e. The fourth-order valence-corrected chi connectivity index (χ4v) is 4.72. The molecule has 2 atom stereocenters. The van der Waals surface area contributed by atoms with E-state index < -0.39 is 6.10 Å². The first-order valence-corrected chi connectivity index (χ1v) is 10.9. The number of hydrogen-bond donors (Lipinski definition) is 3. The maximum atomic E-state index is 10.6. The van der Waals surface area contributed by atoms with Crippen LogP contribution >= 0.6 is 11.3 Å². The molecule has 0 spiro atoms. The molecule has 4 rings (SSSR count).